The van der Waals surface area contributed by atoms with Gasteiger partial charge in [-0.2, -0.15) is 0 Å². The number of hydrogen-bond acceptors (Lipinski definition) is 1. The highest BCUT2D eigenvalue weighted by Crippen LogP contribution is 1.55. The van der Waals surface area contributed by atoms with Crippen molar-refractivity contribution in [2.45, 2.75) is 6.92 Å². The van der Waals surface area contributed by atoms with Crippen LogP contribution in [0.3, 0.4) is 0 Å². The number of hydrogen-bond donors (Lipinski definition) is 0. The summed E-state index contributed by atoms with van der Waals surface area (Å²) in [5.74, 6) is 0. The highest BCUT2D eigenvalue weighted by Gasteiger charge is 1.37. The Kier molecular flexibility index (Phi) is 2.34. The molecule has 0 radical (unpaired) electrons. The lowest BCUT2D eigenvalue weighted by Crippen LogP contribution is -1.51. The maximum atomic E-state index is 7.50. The van der Waals surface area contributed by atoms with Gasteiger partial charge in [-0.05, 0) is 6.92 Å². The van der Waals surface area contributed by atoms with E-state index in [4.69, 9.17) is 5.53 Å². The van der Waals surface area contributed by atoms with Crippen molar-refractivity contribution >= 4 is 0 Å². The Morgan fingerprint density at radius 3 is 2.25 bits per heavy atom. The summed E-state index contributed by atoms with van der Waals surface area (Å²) in [7, 11) is 0. The van der Waals surface area contributed by atoms with Crippen molar-refractivity contribution < 1.29 is 0 Å². The maximum absolute atomic E-state index is 7.50. The van der Waals surface area contributed by atoms with Crippen LogP contribution < -0.4 is 0 Å². The van der Waals surface area contributed by atoms with Crippen LogP contribution in [0, 0.1) is 0 Å². The molecule has 2 nitrogen and oxygen atoms in total. The summed E-state index contributed by atoms with van der Waals surface area (Å²) in [6.07, 6.45) is 0. The van der Waals surface area contributed by atoms with Crippen LogP contribution in [0.5, 0.6) is 0 Å². The van der Waals surface area contributed by atoms with E-state index in [2.05, 4.69) is 5.11 Å². The summed E-state index contributed by atoms with van der Waals surface area (Å²) in [6.45, 7) is 2.26. The van der Waals surface area contributed by atoms with Crippen molar-refractivity contribution in [3.05, 3.63) is 5.53 Å². The van der Waals surface area contributed by atoms with Crippen molar-refractivity contribution in [2.75, 3.05) is 6.54 Å². The Hall–Kier alpha value is -0.400. The third-order valence-corrected chi connectivity index (χ3v) is 0.141. The minimum atomic E-state index is 0.500. The van der Waals surface area contributed by atoms with Gasteiger partial charge in [0.2, 0.25) is 0 Å². The smallest absolute Gasteiger partial charge is 0.0123 e. The van der Waals surface area contributed by atoms with Gasteiger partial charge < -0.3 is 10.6 Å². The van der Waals surface area contributed by atoms with E-state index in [1.54, 1.807) is 6.92 Å². The molecule has 0 aliphatic heterocycles. The SMILES string of the molecule is CCN=[N-]. The molecule has 24 valence electrons. The Balaban J connectivity index is 2.30. The van der Waals surface area contributed by atoms with Crippen molar-refractivity contribution in [2.24, 2.45) is 5.11 Å². The molecule has 0 rings (SSSR count). The average molecular weight is 57.1 g/mol. The van der Waals surface area contributed by atoms with E-state index in [9.17, 15) is 0 Å². The Bertz CT molecular complexity index is 18.0. The maximum Gasteiger partial charge on any atom is 0.0123 e. The van der Waals surface area contributed by atoms with Gasteiger partial charge in [0.05, 0.1) is 0 Å². The molecule has 0 N–H and O–H groups in total. The van der Waals surface area contributed by atoms with Crippen LogP contribution in [0.4, 0.5) is 0 Å². The van der Waals surface area contributed by atoms with Crippen molar-refractivity contribution in [3.63, 3.8) is 0 Å². The van der Waals surface area contributed by atoms with E-state index in [0.29, 0.717) is 6.54 Å². The summed E-state index contributed by atoms with van der Waals surface area (Å²) in [6, 6.07) is 0. The van der Waals surface area contributed by atoms with Gasteiger partial charge in [0, 0.05) is 6.54 Å². The van der Waals surface area contributed by atoms with E-state index in [-0.39, 0.29) is 0 Å². The van der Waals surface area contributed by atoms with Gasteiger partial charge in [-0.15, -0.1) is 0 Å². The summed E-state index contributed by atoms with van der Waals surface area (Å²) < 4.78 is 0. The van der Waals surface area contributed by atoms with Crippen LogP contribution in [0.15, 0.2) is 5.11 Å². The number of rotatable bonds is 1. The fourth-order valence-electron chi connectivity index (χ4n) is 0. The first-order chi connectivity index (χ1) is 1.91. The third kappa shape index (κ3) is 1.60. The number of nitrogens with zero attached hydrogens (tertiary/aromatic N) is 2. The van der Waals surface area contributed by atoms with Crippen molar-refractivity contribution in [1.82, 2.24) is 0 Å². The van der Waals surface area contributed by atoms with E-state index >= 15 is 0 Å². The molecular weight excluding hydrogens is 52.0 g/mol. The lowest BCUT2D eigenvalue weighted by molar-refractivity contribution is 1.12. The molecule has 0 aliphatic carbocycles. The fourth-order valence-corrected chi connectivity index (χ4v) is 0. The zero-order valence-electron chi connectivity index (χ0n) is 2.60. The average Bonchev–Trinajstić information content (AvgIpc) is 1.37. The molecule has 0 spiro atoms. The highest BCUT2D eigenvalue weighted by molar-refractivity contribution is 4.20. The van der Waals surface area contributed by atoms with Crippen molar-refractivity contribution in [3.8, 4) is 0 Å². The molecular formula is C2H5N2-. The van der Waals surface area contributed by atoms with Gasteiger partial charge in [0.1, 0.15) is 0 Å². The van der Waals surface area contributed by atoms with Crippen LogP contribution >= 0.6 is 0 Å². The van der Waals surface area contributed by atoms with Crippen LogP contribution in [0.1, 0.15) is 6.92 Å². The van der Waals surface area contributed by atoms with Crippen LogP contribution in [0.2, 0.25) is 0 Å². The predicted octanol–water partition coefficient (Wildman–Crippen LogP) is 1.03. The molecule has 0 aliphatic rings. The predicted molar refractivity (Wildman–Crippen MR) is 16.3 cm³/mol. The van der Waals surface area contributed by atoms with Gasteiger partial charge in [0.25, 0.3) is 0 Å². The van der Waals surface area contributed by atoms with E-state index in [1.807, 2.05) is 0 Å². The Morgan fingerprint density at radius 2 is 2.25 bits per heavy atom. The van der Waals surface area contributed by atoms with E-state index in [0.717, 1.165) is 0 Å². The van der Waals surface area contributed by atoms with E-state index in [1.165, 1.54) is 0 Å². The lowest BCUT2D eigenvalue weighted by Gasteiger charge is -1.75. The molecule has 0 bridgehead atoms. The molecule has 0 atom stereocenters. The standard InChI is InChI=1S/C2H5N2/c1-2-4-3/h2H2,1H3/q-1. The molecule has 0 fully saturated rings. The molecule has 0 saturated carbocycles. The zero-order chi connectivity index (χ0) is 3.41. The van der Waals surface area contributed by atoms with Gasteiger partial charge >= 0.3 is 0 Å². The zero-order valence-corrected chi connectivity index (χ0v) is 2.60. The fraction of sp³-hybridized carbons (Fsp3) is 1.00. The topological polar surface area (TPSA) is 34.7 Å². The molecule has 0 heterocycles. The second-order valence-corrected chi connectivity index (χ2v) is 0.458. The third-order valence-electron chi connectivity index (χ3n) is 0.141. The molecule has 0 saturated heterocycles. The normalized spacial score (nSPS) is 6.25. The molecule has 0 aromatic carbocycles. The Morgan fingerprint density at radius 1 is 2.00 bits per heavy atom. The molecule has 0 amide bonds. The first-order valence-electron chi connectivity index (χ1n) is 1.22. The minimum Gasteiger partial charge on any atom is -0.712 e. The molecule has 0 aromatic rings. The Labute approximate surface area is 25.3 Å². The summed E-state index contributed by atoms with van der Waals surface area (Å²) >= 11 is 0. The highest BCUT2D eigenvalue weighted by atomic mass is 14.9. The van der Waals surface area contributed by atoms with Gasteiger partial charge in [-0.3, -0.25) is 0 Å². The molecule has 0 aromatic heterocycles. The minimum absolute atomic E-state index is 0.500. The van der Waals surface area contributed by atoms with Crippen LogP contribution in [-0.4, -0.2) is 6.54 Å². The van der Waals surface area contributed by atoms with Crippen LogP contribution in [-0.2, 0) is 0 Å². The molecule has 2 heteroatoms. The van der Waals surface area contributed by atoms with Crippen LogP contribution in [0.25, 0.3) is 5.53 Å². The molecule has 0 unspecified atom stereocenters. The monoisotopic (exact) mass is 57.0 g/mol. The first kappa shape index (κ1) is 3.60. The molecule has 4 heavy (non-hydrogen) atoms. The van der Waals surface area contributed by atoms with Gasteiger partial charge in [-0.25, -0.2) is 0 Å². The lowest BCUT2D eigenvalue weighted by atomic mass is 10.8. The summed E-state index contributed by atoms with van der Waals surface area (Å²) in [5, 5.41) is 2.74. The van der Waals surface area contributed by atoms with Gasteiger partial charge in [-0.1, -0.05) is 0 Å². The second-order valence-electron chi connectivity index (χ2n) is 0.458. The summed E-state index contributed by atoms with van der Waals surface area (Å²) in [4.78, 5) is 0. The van der Waals surface area contributed by atoms with Gasteiger partial charge in [0.15, 0.2) is 0 Å². The first-order valence-corrected chi connectivity index (χ1v) is 1.22. The quantitative estimate of drug-likeness (QED) is 0.403. The summed E-state index contributed by atoms with van der Waals surface area (Å²) in [5.41, 5.74) is 7.50. The largest absolute Gasteiger partial charge is 0.712 e. The second kappa shape index (κ2) is 2.60. The van der Waals surface area contributed by atoms with Crippen molar-refractivity contribution in [1.29, 1.82) is 0 Å². The van der Waals surface area contributed by atoms with E-state index < -0.39 is 0 Å².